The summed E-state index contributed by atoms with van der Waals surface area (Å²) in [4.78, 5) is 16.0. The normalized spacial score (nSPS) is 10.3. The van der Waals surface area contributed by atoms with Crippen molar-refractivity contribution >= 4 is 11.7 Å². The smallest absolute Gasteiger partial charge is 0.319 e. The lowest BCUT2D eigenvalue weighted by Crippen LogP contribution is -2.28. The number of urea groups is 1. The molecule has 0 radical (unpaired) electrons. The van der Waals surface area contributed by atoms with Gasteiger partial charge in [0.1, 0.15) is 11.5 Å². The van der Waals surface area contributed by atoms with Gasteiger partial charge in [-0.25, -0.2) is 9.18 Å². The first-order valence-corrected chi connectivity index (χ1v) is 7.00. The highest BCUT2D eigenvalue weighted by Crippen LogP contribution is 2.18. The van der Waals surface area contributed by atoms with Crippen LogP contribution in [-0.4, -0.2) is 11.0 Å². The number of pyridine rings is 1. The fourth-order valence-corrected chi connectivity index (χ4v) is 2.05. The summed E-state index contributed by atoms with van der Waals surface area (Å²) in [6.07, 6.45) is 3.22. The van der Waals surface area contributed by atoms with Crippen molar-refractivity contribution in [2.75, 3.05) is 5.32 Å². The molecule has 3 rings (SSSR count). The van der Waals surface area contributed by atoms with Crippen LogP contribution in [0.4, 0.5) is 14.9 Å². The zero-order chi connectivity index (χ0) is 16.1. The van der Waals surface area contributed by atoms with Crippen LogP contribution < -0.4 is 10.6 Å². The molecule has 0 aliphatic carbocycles. The molecule has 0 bridgehead atoms. The first-order valence-electron chi connectivity index (χ1n) is 7.00. The van der Waals surface area contributed by atoms with Gasteiger partial charge in [0, 0.05) is 12.7 Å². The SMILES string of the molecule is O=C(NCc1ccnc(-c2ccco2)c1)Nc1ccccc1F. The molecule has 2 amide bonds. The standard InChI is InChI=1S/C17H14FN3O2/c18-13-4-1-2-5-14(13)21-17(22)20-11-12-7-8-19-15(10-12)16-6-3-9-23-16/h1-10H,11H2,(H2,20,21,22). The van der Waals surface area contributed by atoms with Crippen molar-refractivity contribution in [3.05, 3.63) is 72.4 Å². The fraction of sp³-hybridized carbons (Fsp3) is 0.0588. The number of amides is 2. The molecule has 0 aliphatic rings. The first-order chi connectivity index (χ1) is 11.2. The fourth-order valence-electron chi connectivity index (χ4n) is 2.05. The van der Waals surface area contributed by atoms with Crippen molar-refractivity contribution in [3.8, 4) is 11.5 Å². The van der Waals surface area contributed by atoms with Gasteiger partial charge in [-0.05, 0) is 42.0 Å². The van der Waals surface area contributed by atoms with Crippen molar-refractivity contribution in [2.45, 2.75) is 6.54 Å². The number of hydrogen-bond acceptors (Lipinski definition) is 3. The summed E-state index contributed by atoms with van der Waals surface area (Å²) < 4.78 is 18.8. The number of hydrogen-bond donors (Lipinski definition) is 2. The molecule has 0 saturated carbocycles. The molecule has 1 aromatic carbocycles. The van der Waals surface area contributed by atoms with Gasteiger partial charge in [-0.1, -0.05) is 12.1 Å². The zero-order valence-corrected chi connectivity index (χ0v) is 12.1. The molecule has 0 aliphatic heterocycles. The number of anilines is 1. The van der Waals surface area contributed by atoms with E-state index in [1.54, 1.807) is 36.7 Å². The quantitative estimate of drug-likeness (QED) is 0.770. The molecule has 0 fully saturated rings. The molecule has 6 heteroatoms. The molecule has 2 N–H and O–H groups in total. The average Bonchev–Trinajstić information content (AvgIpc) is 3.10. The van der Waals surface area contributed by atoms with Gasteiger partial charge in [0.05, 0.1) is 12.0 Å². The van der Waals surface area contributed by atoms with E-state index in [4.69, 9.17) is 4.42 Å². The number of carbonyl (C=O) groups excluding carboxylic acids is 1. The summed E-state index contributed by atoms with van der Waals surface area (Å²) in [5, 5.41) is 5.14. The van der Waals surface area contributed by atoms with Crippen LogP contribution in [0, 0.1) is 5.82 Å². The maximum absolute atomic E-state index is 13.5. The minimum atomic E-state index is -0.480. The lowest BCUT2D eigenvalue weighted by molar-refractivity contribution is 0.251. The van der Waals surface area contributed by atoms with Gasteiger partial charge in [0.2, 0.25) is 0 Å². The van der Waals surface area contributed by atoms with E-state index in [1.807, 2.05) is 12.1 Å². The maximum atomic E-state index is 13.5. The number of nitrogens with zero attached hydrogens (tertiary/aromatic N) is 1. The van der Waals surface area contributed by atoms with Crippen LogP contribution in [0.1, 0.15) is 5.56 Å². The first kappa shape index (κ1) is 14.8. The van der Waals surface area contributed by atoms with E-state index < -0.39 is 11.8 Å². The summed E-state index contributed by atoms with van der Waals surface area (Å²) in [6.45, 7) is 0.288. The number of aromatic nitrogens is 1. The molecule has 0 spiro atoms. The van der Waals surface area contributed by atoms with Gasteiger partial charge in [-0.3, -0.25) is 4.98 Å². The van der Waals surface area contributed by atoms with E-state index in [-0.39, 0.29) is 12.2 Å². The molecule has 2 heterocycles. The lowest BCUT2D eigenvalue weighted by atomic mass is 10.2. The Morgan fingerprint density at radius 1 is 1.17 bits per heavy atom. The van der Waals surface area contributed by atoms with Crippen LogP contribution in [0.3, 0.4) is 0 Å². The molecule has 23 heavy (non-hydrogen) atoms. The van der Waals surface area contributed by atoms with Crippen molar-refractivity contribution < 1.29 is 13.6 Å². The lowest BCUT2D eigenvalue weighted by Gasteiger charge is -2.08. The van der Waals surface area contributed by atoms with E-state index in [0.29, 0.717) is 11.5 Å². The average molecular weight is 311 g/mol. The summed E-state index contributed by atoms with van der Waals surface area (Å²) >= 11 is 0. The topological polar surface area (TPSA) is 67.2 Å². The Bertz CT molecular complexity index is 803. The second-order valence-corrected chi connectivity index (χ2v) is 4.81. The van der Waals surface area contributed by atoms with Crippen LogP contribution in [-0.2, 0) is 6.54 Å². The number of para-hydroxylation sites is 1. The Balaban J connectivity index is 1.61. The van der Waals surface area contributed by atoms with Crippen molar-refractivity contribution in [1.29, 1.82) is 0 Å². The molecular weight excluding hydrogens is 297 g/mol. The molecular formula is C17H14FN3O2. The second kappa shape index (κ2) is 6.74. The third-order valence-electron chi connectivity index (χ3n) is 3.17. The summed E-state index contributed by atoms with van der Waals surface area (Å²) in [5.74, 6) is 0.175. The maximum Gasteiger partial charge on any atom is 0.319 e. The summed E-state index contributed by atoms with van der Waals surface area (Å²) in [6, 6.07) is 12.7. The Morgan fingerprint density at radius 3 is 2.83 bits per heavy atom. The third-order valence-corrected chi connectivity index (χ3v) is 3.17. The number of nitrogens with one attached hydrogen (secondary N) is 2. The van der Waals surface area contributed by atoms with E-state index >= 15 is 0 Å². The molecule has 0 unspecified atom stereocenters. The largest absolute Gasteiger partial charge is 0.463 e. The molecule has 5 nitrogen and oxygen atoms in total. The van der Waals surface area contributed by atoms with Crippen LogP contribution in [0.2, 0.25) is 0 Å². The van der Waals surface area contributed by atoms with Gasteiger partial charge in [-0.2, -0.15) is 0 Å². The van der Waals surface area contributed by atoms with E-state index in [0.717, 1.165) is 5.56 Å². The zero-order valence-electron chi connectivity index (χ0n) is 12.1. The third kappa shape index (κ3) is 3.74. The molecule has 116 valence electrons. The van der Waals surface area contributed by atoms with Crippen LogP contribution in [0.25, 0.3) is 11.5 Å². The minimum absolute atomic E-state index is 0.135. The van der Waals surface area contributed by atoms with Crippen molar-refractivity contribution in [1.82, 2.24) is 10.3 Å². The van der Waals surface area contributed by atoms with E-state index in [2.05, 4.69) is 15.6 Å². The monoisotopic (exact) mass is 311 g/mol. The number of carbonyl (C=O) groups is 1. The Labute approximate surface area is 132 Å². The van der Waals surface area contributed by atoms with Crippen molar-refractivity contribution in [3.63, 3.8) is 0 Å². The molecule has 2 aromatic heterocycles. The number of halogens is 1. The van der Waals surface area contributed by atoms with Gasteiger partial charge < -0.3 is 15.1 Å². The number of benzene rings is 1. The molecule has 0 saturated heterocycles. The predicted octanol–water partition coefficient (Wildman–Crippen LogP) is 3.80. The van der Waals surface area contributed by atoms with Gasteiger partial charge in [-0.15, -0.1) is 0 Å². The minimum Gasteiger partial charge on any atom is -0.463 e. The Morgan fingerprint density at radius 2 is 2.04 bits per heavy atom. The highest BCUT2D eigenvalue weighted by atomic mass is 19.1. The highest BCUT2D eigenvalue weighted by molar-refractivity contribution is 5.89. The van der Waals surface area contributed by atoms with Crippen molar-refractivity contribution in [2.24, 2.45) is 0 Å². The number of rotatable bonds is 4. The predicted molar refractivity (Wildman–Crippen MR) is 84.2 cm³/mol. The molecule has 0 atom stereocenters. The second-order valence-electron chi connectivity index (χ2n) is 4.81. The van der Waals surface area contributed by atoms with Gasteiger partial charge >= 0.3 is 6.03 Å². The molecule has 3 aromatic rings. The van der Waals surface area contributed by atoms with E-state index in [9.17, 15) is 9.18 Å². The number of furan rings is 1. The summed E-state index contributed by atoms with van der Waals surface area (Å²) in [5.41, 5.74) is 1.68. The van der Waals surface area contributed by atoms with E-state index in [1.165, 1.54) is 12.1 Å². The Kier molecular flexibility index (Phi) is 4.33. The Hall–Kier alpha value is -3.15. The summed E-state index contributed by atoms with van der Waals surface area (Å²) in [7, 11) is 0. The van der Waals surface area contributed by atoms with Crippen LogP contribution in [0.15, 0.2) is 65.4 Å². The van der Waals surface area contributed by atoms with Gasteiger partial charge in [0.25, 0.3) is 0 Å². The van der Waals surface area contributed by atoms with Crippen LogP contribution in [0.5, 0.6) is 0 Å². The highest BCUT2D eigenvalue weighted by Gasteiger charge is 2.07. The van der Waals surface area contributed by atoms with Gasteiger partial charge in [0.15, 0.2) is 5.76 Å². The van der Waals surface area contributed by atoms with Crippen LogP contribution >= 0.6 is 0 Å².